The third-order valence-corrected chi connectivity index (χ3v) is 4.25. The van der Waals surface area contributed by atoms with Gasteiger partial charge in [-0.25, -0.2) is 4.79 Å². The number of ether oxygens (including phenoxy) is 2. The van der Waals surface area contributed by atoms with E-state index in [0.29, 0.717) is 27.6 Å². The summed E-state index contributed by atoms with van der Waals surface area (Å²) >= 11 is 5.84. The minimum Gasteiger partial charge on any atom is -0.482 e. The van der Waals surface area contributed by atoms with Crippen LogP contribution in [0.1, 0.15) is 20.7 Å². The molecule has 0 aromatic heterocycles. The molecule has 0 atom stereocenters. The van der Waals surface area contributed by atoms with E-state index in [9.17, 15) is 14.4 Å². The fourth-order valence-corrected chi connectivity index (χ4v) is 2.68. The number of Topliss-reactive ketones (excluding diaryl/α,β-unsaturated/α-hetero) is 1. The molecule has 1 amide bonds. The quantitative estimate of drug-likeness (QED) is 0.429. The molecule has 0 heterocycles. The average Bonchev–Trinajstić information content (AvgIpc) is 2.77. The number of carbonyl (C=O) groups is 3. The van der Waals surface area contributed by atoms with Gasteiger partial charge in [0.1, 0.15) is 5.75 Å². The Morgan fingerprint density at radius 2 is 1.53 bits per heavy atom. The molecular formula is C23H18ClNO5. The Hall–Kier alpha value is -3.64. The number of hydrogen-bond donors (Lipinski definition) is 1. The largest absolute Gasteiger partial charge is 0.482 e. The van der Waals surface area contributed by atoms with Crippen molar-refractivity contribution in [2.45, 2.75) is 0 Å². The van der Waals surface area contributed by atoms with E-state index in [-0.39, 0.29) is 18.3 Å². The van der Waals surface area contributed by atoms with Crippen molar-refractivity contribution in [3.05, 3.63) is 95.0 Å². The number of esters is 1. The van der Waals surface area contributed by atoms with E-state index in [1.54, 1.807) is 72.8 Å². The Balaban J connectivity index is 1.46. The lowest BCUT2D eigenvalue weighted by atomic mass is 10.1. The van der Waals surface area contributed by atoms with Crippen LogP contribution in [0.25, 0.3) is 0 Å². The molecule has 0 saturated heterocycles. The summed E-state index contributed by atoms with van der Waals surface area (Å²) < 4.78 is 10.2. The zero-order valence-electron chi connectivity index (χ0n) is 15.8. The minimum atomic E-state index is -0.671. The second-order valence-electron chi connectivity index (χ2n) is 6.23. The Kier molecular flexibility index (Phi) is 7.19. The lowest BCUT2D eigenvalue weighted by molar-refractivity contribution is -0.144. The lowest BCUT2D eigenvalue weighted by Gasteiger charge is -2.08. The van der Waals surface area contributed by atoms with Gasteiger partial charge in [-0.3, -0.25) is 9.59 Å². The smallest absolute Gasteiger partial charge is 0.344 e. The van der Waals surface area contributed by atoms with E-state index < -0.39 is 12.6 Å². The third kappa shape index (κ3) is 6.18. The molecule has 6 nitrogen and oxygen atoms in total. The second-order valence-corrected chi connectivity index (χ2v) is 6.66. The summed E-state index contributed by atoms with van der Waals surface area (Å²) in [6.45, 7) is -0.745. The fraction of sp³-hybridized carbons (Fsp3) is 0.0870. The van der Waals surface area contributed by atoms with Crippen molar-refractivity contribution < 1.29 is 23.9 Å². The van der Waals surface area contributed by atoms with Crippen molar-refractivity contribution in [1.82, 2.24) is 0 Å². The highest BCUT2D eigenvalue weighted by Gasteiger charge is 2.12. The topological polar surface area (TPSA) is 81.7 Å². The van der Waals surface area contributed by atoms with Crippen molar-refractivity contribution in [2.24, 2.45) is 0 Å². The second kappa shape index (κ2) is 10.2. The molecule has 1 N–H and O–H groups in total. The highest BCUT2D eigenvalue weighted by Crippen LogP contribution is 2.17. The number of rotatable bonds is 8. The number of ketones is 1. The number of nitrogens with one attached hydrogen (secondary N) is 1. The van der Waals surface area contributed by atoms with Crippen molar-refractivity contribution in [3.63, 3.8) is 0 Å². The summed E-state index contributed by atoms with van der Waals surface area (Å²) in [5, 5.41) is 3.23. The predicted molar refractivity (Wildman–Crippen MR) is 113 cm³/mol. The SMILES string of the molecule is O=C(COc1cccc(Cl)c1)OCC(=O)c1ccc(NC(=O)c2ccccc2)cc1. The molecule has 0 aliphatic heterocycles. The van der Waals surface area contributed by atoms with Crippen LogP contribution in [0, 0.1) is 0 Å². The van der Waals surface area contributed by atoms with Gasteiger partial charge < -0.3 is 14.8 Å². The summed E-state index contributed by atoms with van der Waals surface area (Å²) in [6.07, 6.45) is 0. The lowest BCUT2D eigenvalue weighted by Crippen LogP contribution is -2.19. The first-order valence-corrected chi connectivity index (χ1v) is 9.43. The number of amides is 1. The first-order valence-electron chi connectivity index (χ1n) is 9.05. The molecule has 0 bridgehead atoms. The monoisotopic (exact) mass is 423 g/mol. The van der Waals surface area contributed by atoms with Gasteiger partial charge in [0.2, 0.25) is 0 Å². The molecule has 0 aliphatic carbocycles. The van der Waals surface area contributed by atoms with E-state index in [1.165, 1.54) is 0 Å². The Morgan fingerprint density at radius 1 is 0.800 bits per heavy atom. The number of halogens is 1. The number of carbonyl (C=O) groups excluding carboxylic acids is 3. The average molecular weight is 424 g/mol. The van der Waals surface area contributed by atoms with E-state index in [2.05, 4.69) is 5.32 Å². The molecule has 0 unspecified atom stereocenters. The van der Waals surface area contributed by atoms with Gasteiger partial charge in [0.25, 0.3) is 5.91 Å². The van der Waals surface area contributed by atoms with Crippen molar-refractivity contribution in [3.8, 4) is 5.75 Å². The number of hydrogen-bond acceptors (Lipinski definition) is 5. The number of anilines is 1. The van der Waals surface area contributed by atoms with Crippen LogP contribution in [-0.2, 0) is 9.53 Å². The van der Waals surface area contributed by atoms with Crippen LogP contribution in [0.3, 0.4) is 0 Å². The summed E-state index contributed by atoms with van der Waals surface area (Å²) in [5.41, 5.74) is 1.44. The molecule has 30 heavy (non-hydrogen) atoms. The van der Waals surface area contributed by atoms with Crippen molar-refractivity contribution >= 4 is 34.9 Å². The fourth-order valence-electron chi connectivity index (χ4n) is 2.50. The number of benzene rings is 3. The van der Waals surface area contributed by atoms with E-state index >= 15 is 0 Å². The van der Waals surface area contributed by atoms with Crippen LogP contribution >= 0.6 is 11.6 Å². The zero-order valence-corrected chi connectivity index (χ0v) is 16.6. The Bertz CT molecular complexity index is 1030. The van der Waals surface area contributed by atoms with Crippen LogP contribution in [-0.4, -0.2) is 30.9 Å². The third-order valence-electron chi connectivity index (χ3n) is 4.02. The first-order chi connectivity index (χ1) is 14.5. The molecule has 0 radical (unpaired) electrons. The molecule has 3 aromatic rings. The molecule has 0 fully saturated rings. The maximum Gasteiger partial charge on any atom is 0.344 e. The van der Waals surface area contributed by atoms with Gasteiger partial charge in [-0.05, 0) is 54.6 Å². The predicted octanol–water partition coefficient (Wildman–Crippen LogP) is 4.40. The van der Waals surface area contributed by atoms with Gasteiger partial charge in [-0.15, -0.1) is 0 Å². The molecule has 0 aliphatic rings. The Labute approximate surface area is 178 Å². The standard InChI is InChI=1S/C23H18ClNO5/c24-18-7-4-8-20(13-18)29-15-22(27)30-14-21(26)16-9-11-19(12-10-16)25-23(28)17-5-2-1-3-6-17/h1-13H,14-15H2,(H,25,28). The van der Waals surface area contributed by atoms with Gasteiger partial charge in [0, 0.05) is 21.8 Å². The van der Waals surface area contributed by atoms with Crippen LogP contribution < -0.4 is 10.1 Å². The van der Waals surface area contributed by atoms with Crippen LogP contribution in [0.2, 0.25) is 5.02 Å². The molecule has 3 aromatic carbocycles. The molecule has 7 heteroatoms. The molecule has 0 spiro atoms. The zero-order chi connectivity index (χ0) is 21.3. The molecule has 152 valence electrons. The Morgan fingerprint density at radius 3 is 2.23 bits per heavy atom. The first kappa shape index (κ1) is 21.1. The summed E-state index contributed by atoms with van der Waals surface area (Å²) in [6, 6.07) is 21.7. The van der Waals surface area contributed by atoms with E-state index in [1.807, 2.05) is 6.07 Å². The maximum absolute atomic E-state index is 12.2. The van der Waals surface area contributed by atoms with Gasteiger partial charge in [0.15, 0.2) is 19.0 Å². The maximum atomic E-state index is 12.2. The molecule has 3 rings (SSSR count). The van der Waals surface area contributed by atoms with Crippen molar-refractivity contribution in [2.75, 3.05) is 18.5 Å². The van der Waals surface area contributed by atoms with Gasteiger partial charge in [-0.2, -0.15) is 0 Å². The summed E-state index contributed by atoms with van der Waals surface area (Å²) in [7, 11) is 0. The van der Waals surface area contributed by atoms with E-state index in [4.69, 9.17) is 21.1 Å². The van der Waals surface area contributed by atoms with Crippen LogP contribution in [0.5, 0.6) is 5.75 Å². The van der Waals surface area contributed by atoms with E-state index in [0.717, 1.165) is 0 Å². The highest BCUT2D eigenvalue weighted by atomic mass is 35.5. The highest BCUT2D eigenvalue weighted by molar-refractivity contribution is 6.30. The van der Waals surface area contributed by atoms with Gasteiger partial charge in [-0.1, -0.05) is 35.9 Å². The molecule has 0 saturated carbocycles. The minimum absolute atomic E-state index is 0.247. The van der Waals surface area contributed by atoms with Gasteiger partial charge in [0.05, 0.1) is 0 Å². The van der Waals surface area contributed by atoms with Crippen molar-refractivity contribution in [1.29, 1.82) is 0 Å². The molecular weight excluding hydrogens is 406 g/mol. The van der Waals surface area contributed by atoms with Gasteiger partial charge >= 0.3 is 5.97 Å². The summed E-state index contributed by atoms with van der Waals surface area (Å²) in [5.74, 6) is -0.857. The van der Waals surface area contributed by atoms with Crippen LogP contribution in [0.4, 0.5) is 5.69 Å². The summed E-state index contributed by atoms with van der Waals surface area (Å²) in [4.78, 5) is 36.1. The normalized spacial score (nSPS) is 10.2. The van der Waals surface area contributed by atoms with Crippen LogP contribution in [0.15, 0.2) is 78.9 Å².